The van der Waals surface area contributed by atoms with E-state index >= 15 is 0 Å². The number of piperidine rings is 1. The molecular weight excluding hydrogens is 256 g/mol. The molecule has 1 N–H and O–H groups in total. The van der Waals surface area contributed by atoms with Crippen LogP contribution in [0.2, 0.25) is 0 Å². The number of amides is 2. The summed E-state index contributed by atoms with van der Waals surface area (Å²) in [4.78, 5) is 27.5. The number of likely N-dealkylation sites (tertiary alicyclic amines) is 1. The van der Waals surface area contributed by atoms with E-state index < -0.39 is 11.4 Å². The van der Waals surface area contributed by atoms with Gasteiger partial charge in [-0.3, -0.25) is 4.79 Å². The summed E-state index contributed by atoms with van der Waals surface area (Å²) in [6.07, 6.45) is 1.06. The summed E-state index contributed by atoms with van der Waals surface area (Å²) >= 11 is 0. The molecule has 5 heteroatoms. The van der Waals surface area contributed by atoms with Crippen LogP contribution >= 0.6 is 0 Å². The number of carbonyl (C=O) groups excluding carboxylic acids is 1. The second-order valence-corrected chi connectivity index (χ2v) is 6.78. The van der Waals surface area contributed by atoms with Gasteiger partial charge in [-0.25, -0.2) is 4.79 Å². The van der Waals surface area contributed by atoms with Crippen molar-refractivity contribution in [3.63, 3.8) is 0 Å². The molecule has 0 aromatic rings. The van der Waals surface area contributed by atoms with Gasteiger partial charge in [0.1, 0.15) is 0 Å². The molecule has 116 valence electrons. The number of carboxylic acids is 1. The molecule has 0 bridgehead atoms. The van der Waals surface area contributed by atoms with Gasteiger partial charge in [0.05, 0.1) is 5.41 Å². The summed E-state index contributed by atoms with van der Waals surface area (Å²) in [6.45, 7) is 11.8. The Morgan fingerprint density at radius 2 is 1.70 bits per heavy atom. The van der Waals surface area contributed by atoms with Crippen LogP contribution in [0, 0.1) is 11.3 Å². The molecule has 0 aromatic heterocycles. The zero-order valence-corrected chi connectivity index (χ0v) is 13.3. The van der Waals surface area contributed by atoms with Gasteiger partial charge in [-0.05, 0) is 39.5 Å². The van der Waals surface area contributed by atoms with Crippen LogP contribution < -0.4 is 0 Å². The molecule has 0 spiro atoms. The number of hydrogen-bond acceptors (Lipinski definition) is 2. The molecule has 1 aliphatic heterocycles. The number of carboxylic acid groups (broad SMARTS) is 1. The highest BCUT2D eigenvalue weighted by Gasteiger charge is 2.39. The molecule has 1 heterocycles. The third kappa shape index (κ3) is 3.87. The van der Waals surface area contributed by atoms with Crippen molar-refractivity contribution in [3.8, 4) is 0 Å². The molecule has 20 heavy (non-hydrogen) atoms. The van der Waals surface area contributed by atoms with Crippen LogP contribution in [0.3, 0.4) is 0 Å². The zero-order chi connectivity index (χ0) is 15.5. The van der Waals surface area contributed by atoms with E-state index in [1.54, 1.807) is 11.8 Å². The number of urea groups is 1. The van der Waals surface area contributed by atoms with Crippen LogP contribution in [0.15, 0.2) is 0 Å². The first kappa shape index (κ1) is 16.8. The number of aliphatic carboxylic acids is 1. The fourth-order valence-electron chi connectivity index (χ4n) is 2.49. The molecule has 0 unspecified atom stereocenters. The van der Waals surface area contributed by atoms with Gasteiger partial charge in [0.15, 0.2) is 0 Å². The van der Waals surface area contributed by atoms with Gasteiger partial charge < -0.3 is 14.9 Å². The van der Waals surface area contributed by atoms with Crippen LogP contribution in [-0.4, -0.2) is 52.6 Å². The quantitative estimate of drug-likeness (QED) is 0.863. The minimum atomic E-state index is -0.757. The Morgan fingerprint density at radius 1 is 1.20 bits per heavy atom. The van der Waals surface area contributed by atoms with E-state index in [0.29, 0.717) is 31.8 Å². The van der Waals surface area contributed by atoms with Crippen LogP contribution in [0.4, 0.5) is 4.79 Å². The lowest BCUT2D eigenvalue weighted by Crippen LogP contribution is -2.52. The van der Waals surface area contributed by atoms with Gasteiger partial charge in [0, 0.05) is 25.7 Å². The molecule has 0 aliphatic carbocycles. The average molecular weight is 284 g/mol. The summed E-state index contributed by atoms with van der Waals surface area (Å²) in [7, 11) is 0. The Morgan fingerprint density at radius 3 is 2.05 bits per heavy atom. The molecule has 0 aromatic carbocycles. The monoisotopic (exact) mass is 284 g/mol. The lowest BCUT2D eigenvalue weighted by atomic mass is 9.80. The van der Waals surface area contributed by atoms with Crippen molar-refractivity contribution >= 4 is 12.0 Å². The summed E-state index contributed by atoms with van der Waals surface area (Å²) in [5.74, 6) is -0.331. The molecule has 0 radical (unpaired) electrons. The fourth-order valence-corrected chi connectivity index (χ4v) is 2.49. The van der Waals surface area contributed by atoms with Crippen LogP contribution in [-0.2, 0) is 4.79 Å². The highest BCUT2D eigenvalue weighted by Crippen LogP contribution is 2.31. The number of nitrogens with zero attached hydrogens (tertiary/aromatic N) is 2. The summed E-state index contributed by atoms with van der Waals surface area (Å²) in [5, 5.41) is 9.22. The maximum absolute atomic E-state index is 12.6. The Bertz CT molecular complexity index is 358. The number of carbonyl (C=O) groups is 2. The molecular formula is C15H28N2O3. The van der Waals surface area contributed by atoms with E-state index in [4.69, 9.17) is 0 Å². The molecule has 0 atom stereocenters. The maximum Gasteiger partial charge on any atom is 0.320 e. The summed E-state index contributed by atoms with van der Waals surface area (Å²) in [5.41, 5.74) is -0.683. The summed E-state index contributed by atoms with van der Waals surface area (Å²) in [6, 6.07) is 0.207. The Balaban J connectivity index is 2.67. The first-order valence-electron chi connectivity index (χ1n) is 7.46. The van der Waals surface area contributed by atoms with Crippen LogP contribution in [0.1, 0.15) is 47.5 Å². The standard InChI is InChI=1S/C15H28N2O3/c1-11(2)10-17(12(3)4)14(20)16-8-6-15(5,7-9-16)13(18)19/h11-12H,6-10H2,1-5H3,(H,18,19). The molecule has 5 nitrogen and oxygen atoms in total. The average Bonchev–Trinajstić information content (AvgIpc) is 2.35. The van der Waals surface area contributed by atoms with Gasteiger partial charge in [-0.2, -0.15) is 0 Å². The van der Waals surface area contributed by atoms with E-state index in [1.165, 1.54) is 0 Å². The Labute approximate surface area is 121 Å². The third-order valence-corrected chi connectivity index (χ3v) is 4.08. The zero-order valence-electron chi connectivity index (χ0n) is 13.3. The fraction of sp³-hybridized carbons (Fsp3) is 0.867. The van der Waals surface area contributed by atoms with Crippen molar-refractivity contribution in [3.05, 3.63) is 0 Å². The van der Waals surface area contributed by atoms with Crippen molar-refractivity contribution < 1.29 is 14.7 Å². The van der Waals surface area contributed by atoms with Crippen molar-refractivity contribution in [1.29, 1.82) is 0 Å². The lowest BCUT2D eigenvalue weighted by Gasteiger charge is -2.40. The second-order valence-electron chi connectivity index (χ2n) is 6.78. The van der Waals surface area contributed by atoms with Crippen molar-refractivity contribution in [1.82, 2.24) is 9.80 Å². The largest absolute Gasteiger partial charge is 0.481 e. The van der Waals surface area contributed by atoms with Crippen LogP contribution in [0.25, 0.3) is 0 Å². The Kier molecular flexibility index (Phi) is 5.42. The minimum absolute atomic E-state index is 0.0427. The third-order valence-electron chi connectivity index (χ3n) is 4.08. The van der Waals surface area contributed by atoms with E-state index in [2.05, 4.69) is 13.8 Å². The van der Waals surface area contributed by atoms with Crippen molar-refractivity contribution in [2.24, 2.45) is 11.3 Å². The van der Waals surface area contributed by atoms with Gasteiger partial charge in [-0.15, -0.1) is 0 Å². The first-order valence-corrected chi connectivity index (χ1v) is 7.46. The smallest absolute Gasteiger partial charge is 0.320 e. The molecule has 0 saturated carbocycles. The van der Waals surface area contributed by atoms with Crippen LogP contribution in [0.5, 0.6) is 0 Å². The molecule has 1 fully saturated rings. The molecule has 2 amide bonds. The SMILES string of the molecule is CC(C)CN(C(=O)N1CCC(C)(C(=O)O)CC1)C(C)C. The van der Waals surface area contributed by atoms with Gasteiger partial charge in [0.25, 0.3) is 0 Å². The summed E-state index contributed by atoms with van der Waals surface area (Å²) < 4.78 is 0. The number of rotatable bonds is 4. The second kappa shape index (κ2) is 6.46. The normalized spacial score (nSPS) is 18.4. The molecule has 1 rings (SSSR count). The minimum Gasteiger partial charge on any atom is -0.481 e. The first-order chi connectivity index (χ1) is 9.17. The highest BCUT2D eigenvalue weighted by atomic mass is 16.4. The van der Waals surface area contributed by atoms with Crippen molar-refractivity contribution in [2.45, 2.75) is 53.5 Å². The van der Waals surface area contributed by atoms with E-state index in [1.807, 2.05) is 18.7 Å². The van der Waals surface area contributed by atoms with E-state index in [0.717, 1.165) is 6.54 Å². The molecule has 1 aliphatic rings. The predicted molar refractivity (Wildman–Crippen MR) is 78.6 cm³/mol. The predicted octanol–water partition coefficient (Wildman–Crippen LogP) is 2.66. The van der Waals surface area contributed by atoms with Crippen molar-refractivity contribution in [2.75, 3.05) is 19.6 Å². The highest BCUT2D eigenvalue weighted by molar-refractivity contribution is 5.77. The topological polar surface area (TPSA) is 60.9 Å². The maximum atomic E-state index is 12.6. The van der Waals surface area contributed by atoms with Gasteiger partial charge in [-0.1, -0.05) is 13.8 Å². The Hall–Kier alpha value is -1.26. The van der Waals surface area contributed by atoms with Gasteiger partial charge >= 0.3 is 12.0 Å². The lowest BCUT2D eigenvalue weighted by molar-refractivity contribution is -0.150. The van der Waals surface area contributed by atoms with E-state index in [9.17, 15) is 14.7 Å². The van der Waals surface area contributed by atoms with E-state index in [-0.39, 0.29) is 12.1 Å². The number of hydrogen-bond donors (Lipinski definition) is 1. The molecule has 1 saturated heterocycles. The van der Waals surface area contributed by atoms with Gasteiger partial charge in [0.2, 0.25) is 0 Å².